The van der Waals surface area contributed by atoms with Gasteiger partial charge in [0.1, 0.15) is 5.75 Å². The molecule has 1 fully saturated rings. The summed E-state index contributed by atoms with van der Waals surface area (Å²) in [7, 11) is 1.63. The van der Waals surface area contributed by atoms with Crippen LogP contribution < -0.4 is 4.74 Å². The molecule has 0 spiro atoms. The van der Waals surface area contributed by atoms with Crippen molar-refractivity contribution in [3.63, 3.8) is 0 Å². The molecule has 0 bridgehead atoms. The van der Waals surface area contributed by atoms with Gasteiger partial charge in [0.25, 0.3) is 0 Å². The van der Waals surface area contributed by atoms with Gasteiger partial charge in [-0.15, -0.1) is 0 Å². The Kier molecular flexibility index (Phi) is 9.85. The van der Waals surface area contributed by atoms with Gasteiger partial charge in [0.05, 0.1) is 18.7 Å². The smallest absolute Gasteiger partial charge is 0.303 e. The fourth-order valence-electron chi connectivity index (χ4n) is 5.68. The van der Waals surface area contributed by atoms with Crippen LogP contribution in [-0.2, 0) is 11.2 Å². The van der Waals surface area contributed by atoms with E-state index in [9.17, 15) is 15.0 Å². The topological polar surface area (TPSA) is 95.8 Å². The number of hydrogen-bond acceptors (Lipinski definition) is 6. The van der Waals surface area contributed by atoms with Gasteiger partial charge >= 0.3 is 5.97 Å². The van der Waals surface area contributed by atoms with Crippen molar-refractivity contribution in [2.75, 3.05) is 26.7 Å². The molecular formula is C30H39N3O4. The number of likely N-dealkylation sites (tertiary alicyclic amines) is 1. The second kappa shape index (κ2) is 13.5. The summed E-state index contributed by atoms with van der Waals surface area (Å²) in [6.45, 7) is 2.84. The molecule has 7 nitrogen and oxygen atoms in total. The first-order valence-electron chi connectivity index (χ1n) is 13.5. The fourth-order valence-corrected chi connectivity index (χ4v) is 5.68. The average molecular weight is 506 g/mol. The van der Waals surface area contributed by atoms with Crippen LogP contribution >= 0.6 is 0 Å². The van der Waals surface area contributed by atoms with E-state index < -0.39 is 12.1 Å². The van der Waals surface area contributed by atoms with Gasteiger partial charge in [-0.2, -0.15) is 0 Å². The van der Waals surface area contributed by atoms with Crippen LogP contribution in [0.4, 0.5) is 0 Å². The second-order valence-electron chi connectivity index (χ2n) is 10.2. The Morgan fingerprint density at radius 2 is 1.95 bits per heavy atom. The van der Waals surface area contributed by atoms with Crippen molar-refractivity contribution in [1.29, 1.82) is 0 Å². The highest BCUT2D eigenvalue weighted by atomic mass is 16.5. The molecule has 37 heavy (non-hydrogen) atoms. The summed E-state index contributed by atoms with van der Waals surface area (Å²) in [5.41, 5.74) is 3.01. The maximum absolute atomic E-state index is 11.6. The summed E-state index contributed by atoms with van der Waals surface area (Å²) < 4.78 is 5.36. The maximum atomic E-state index is 11.6. The quantitative estimate of drug-likeness (QED) is 0.305. The lowest BCUT2D eigenvalue weighted by Crippen LogP contribution is -2.41. The van der Waals surface area contributed by atoms with Crippen LogP contribution in [0, 0.1) is 11.8 Å². The summed E-state index contributed by atoms with van der Waals surface area (Å²) in [5, 5.41) is 21.5. The number of hydrogen-bond donors (Lipinski definition) is 2. The number of unbranched alkanes of at least 4 members (excludes halogenated alkanes) is 2. The molecular weight excluding hydrogens is 466 g/mol. The summed E-state index contributed by atoms with van der Waals surface area (Å²) in [4.78, 5) is 22.6. The Hall–Kier alpha value is -3.03. The Labute approximate surface area is 219 Å². The number of aliphatic hydroxyl groups is 1. The van der Waals surface area contributed by atoms with Gasteiger partial charge in [0, 0.05) is 36.9 Å². The molecule has 7 heteroatoms. The molecule has 0 amide bonds. The first kappa shape index (κ1) is 27.0. The second-order valence-corrected chi connectivity index (χ2v) is 10.2. The minimum absolute atomic E-state index is 0.115. The average Bonchev–Trinajstić information content (AvgIpc) is 2.91. The standard InChI is InChI=1S/C30H39N3O4/c1-37-25-7-8-28-27(20-25)26(12-16-32-28)29(34)9-6-23-13-18-33(21-24(23)19-30(35)36)17-4-2-3-5-22-10-14-31-15-11-22/h7-8,10-12,14-16,20,23-24,29,34H,2-6,9,13,17-19,21H2,1H3,(H,35,36)/t23-,24+,29?/m1/s1. The van der Waals surface area contributed by atoms with Gasteiger partial charge in [-0.3, -0.25) is 14.8 Å². The van der Waals surface area contributed by atoms with Crippen LogP contribution in [0.25, 0.3) is 10.9 Å². The van der Waals surface area contributed by atoms with Crippen LogP contribution in [0.2, 0.25) is 0 Å². The van der Waals surface area contributed by atoms with E-state index in [0.717, 1.165) is 74.0 Å². The number of piperidine rings is 1. The predicted molar refractivity (Wildman–Crippen MR) is 145 cm³/mol. The number of aliphatic hydroxyl groups excluding tert-OH is 1. The SMILES string of the molecule is COc1ccc2nccc(C(O)CC[C@@H]3CCN(CCCCCc4ccncc4)C[C@@H]3CC(=O)O)c2c1. The van der Waals surface area contributed by atoms with Gasteiger partial charge < -0.3 is 19.8 Å². The number of carboxylic acids is 1. The van der Waals surface area contributed by atoms with Crippen molar-refractivity contribution < 1.29 is 19.7 Å². The van der Waals surface area contributed by atoms with Crippen molar-refractivity contribution in [2.45, 2.75) is 57.5 Å². The zero-order chi connectivity index (χ0) is 26.0. The van der Waals surface area contributed by atoms with Gasteiger partial charge in [-0.25, -0.2) is 0 Å². The third kappa shape index (κ3) is 7.73. The molecule has 1 saturated heterocycles. The molecule has 1 aliphatic rings. The van der Waals surface area contributed by atoms with E-state index in [0.29, 0.717) is 12.3 Å². The molecule has 1 unspecified atom stereocenters. The van der Waals surface area contributed by atoms with Crippen molar-refractivity contribution >= 4 is 16.9 Å². The van der Waals surface area contributed by atoms with E-state index >= 15 is 0 Å². The van der Waals surface area contributed by atoms with E-state index in [-0.39, 0.29) is 12.3 Å². The molecule has 2 N–H and O–H groups in total. The number of carbonyl (C=O) groups is 1. The molecule has 2 aromatic heterocycles. The number of fused-ring (bicyclic) bond motifs is 1. The minimum atomic E-state index is -0.734. The lowest BCUT2D eigenvalue weighted by atomic mass is 9.79. The molecule has 3 aromatic rings. The van der Waals surface area contributed by atoms with E-state index in [4.69, 9.17) is 4.74 Å². The van der Waals surface area contributed by atoms with Crippen molar-refractivity contribution in [1.82, 2.24) is 14.9 Å². The van der Waals surface area contributed by atoms with Gasteiger partial charge in [0.2, 0.25) is 0 Å². The number of ether oxygens (including phenoxy) is 1. The Morgan fingerprint density at radius 1 is 1.11 bits per heavy atom. The first-order valence-corrected chi connectivity index (χ1v) is 13.5. The highest BCUT2D eigenvalue weighted by molar-refractivity contribution is 5.83. The number of aliphatic carboxylic acids is 1. The summed E-state index contributed by atoms with van der Waals surface area (Å²) in [6.07, 6.45) is 11.9. The van der Waals surface area contributed by atoms with E-state index in [1.807, 2.05) is 36.7 Å². The largest absolute Gasteiger partial charge is 0.497 e. The van der Waals surface area contributed by atoms with Crippen LogP contribution in [0.3, 0.4) is 0 Å². The van der Waals surface area contributed by atoms with Crippen molar-refractivity contribution in [3.05, 3.63) is 66.1 Å². The van der Waals surface area contributed by atoms with E-state index in [1.54, 1.807) is 13.3 Å². The summed E-state index contributed by atoms with van der Waals surface area (Å²) in [5.74, 6) is 0.419. The maximum Gasteiger partial charge on any atom is 0.303 e. The number of aryl methyl sites for hydroxylation is 1. The van der Waals surface area contributed by atoms with E-state index in [2.05, 4.69) is 27.0 Å². The summed E-state index contributed by atoms with van der Waals surface area (Å²) >= 11 is 0. The number of nitrogens with zero attached hydrogens (tertiary/aromatic N) is 3. The zero-order valence-electron chi connectivity index (χ0n) is 21.8. The number of carboxylic acid groups (broad SMARTS) is 1. The van der Waals surface area contributed by atoms with Crippen molar-refractivity contribution in [3.8, 4) is 5.75 Å². The molecule has 3 heterocycles. The van der Waals surface area contributed by atoms with Crippen molar-refractivity contribution in [2.24, 2.45) is 11.8 Å². The number of pyridine rings is 2. The molecule has 1 aliphatic heterocycles. The van der Waals surface area contributed by atoms with Crippen LogP contribution in [-0.4, -0.2) is 57.8 Å². The number of benzene rings is 1. The highest BCUT2D eigenvalue weighted by Crippen LogP contribution is 2.35. The Morgan fingerprint density at radius 3 is 2.73 bits per heavy atom. The molecule has 1 aromatic carbocycles. The lowest BCUT2D eigenvalue weighted by molar-refractivity contribution is -0.139. The number of rotatable bonds is 13. The van der Waals surface area contributed by atoms with Gasteiger partial charge in [0.15, 0.2) is 0 Å². The highest BCUT2D eigenvalue weighted by Gasteiger charge is 2.31. The molecule has 0 saturated carbocycles. The number of aromatic nitrogens is 2. The Bertz CT molecular complexity index is 1140. The first-order chi connectivity index (χ1) is 18.0. The number of methoxy groups -OCH3 is 1. The minimum Gasteiger partial charge on any atom is -0.497 e. The van der Waals surface area contributed by atoms with Crippen LogP contribution in [0.5, 0.6) is 5.75 Å². The van der Waals surface area contributed by atoms with Crippen LogP contribution in [0.15, 0.2) is 55.0 Å². The van der Waals surface area contributed by atoms with E-state index in [1.165, 1.54) is 12.0 Å². The molecule has 0 radical (unpaired) electrons. The lowest BCUT2D eigenvalue weighted by Gasteiger charge is -2.38. The van der Waals surface area contributed by atoms with Gasteiger partial charge in [-0.05, 0) is 111 Å². The normalized spacial score (nSPS) is 19.1. The third-order valence-electron chi connectivity index (χ3n) is 7.75. The van der Waals surface area contributed by atoms with Crippen LogP contribution in [0.1, 0.15) is 62.2 Å². The van der Waals surface area contributed by atoms with Gasteiger partial charge in [-0.1, -0.05) is 6.42 Å². The molecule has 3 atom stereocenters. The molecule has 198 valence electrons. The Balaban J connectivity index is 1.28. The molecule has 4 rings (SSSR count). The third-order valence-corrected chi connectivity index (χ3v) is 7.75. The monoisotopic (exact) mass is 505 g/mol. The predicted octanol–water partition coefficient (Wildman–Crippen LogP) is 5.28. The molecule has 0 aliphatic carbocycles. The summed E-state index contributed by atoms with van der Waals surface area (Å²) in [6, 6.07) is 11.7. The zero-order valence-corrected chi connectivity index (χ0v) is 21.8. The fraction of sp³-hybridized carbons (Fsp3) is 0.500.